The predicted octanol–water partition coefficient (Wildman–Crippen LogP) is 1.61. The van der Waals surface area contributed by atoms with E-state index in [4.69, 9.17) is 9.72 Å². The third kappa shape index (κ3) is 4.21. The van der Waals surface area contributed by atoms with E-state index >= 15 is 0 Å². The average molecular weight is 409 g/mol. The number of aromatic nitrogens is 3. The minimum atomic E-state index is -0.216. The van der Waals surface area contributed by atoms with Gasteiger partial charge in [-0.05, 0) is 18.2 Å². The lowest BCUT2D eigenvalue weighted by atomic mass is 10.0. The fraction of sp³-hybridized carbons (Fsp3) is 0.409. The molecular formula is C22H27N5O3. The standard InChI is InChI=1S/C22H27N5O3/c1-25(9-11-28)22(29)18-13-20(24-19-6-4-3-5-17(18)19)21-15-27(10-12-30-21)14-16-7-8-23-26(16)2/h3-8,13,21,28H,9-12,14-15H2,1-2H3/t21-/m0/s1. The lowest BCUT2D eigenvalue weighted by Gasteiger charge is -2.32. The molecule has 3 aromatic rings. The second-order valence-corrected chi connectivity index (χ2v) is 7.60. The first kappa shape index (κ1) is 20.5. The quantitative estimate of drug-likeness (QED) is 0.666. The first-order chi connectivity index (χ1) is 14.6. The number of rotatable bonds is 6. The Labute approximate surface area is 175 Å². The number of nitrogens with zero attached hydrogens (tertiary/aromatic N) is 5. The number of para-hydroxylation sites is 1. The summed E-state index contributed by atoms with van der Waals surface area (Å²) in [5.74, 6) is -0.133. The fourth-order valence-corrected chi connectivity index (χ4v) is 3.81. The molecule has 158 valence electrons. The van der Waals surface area contributed by atoms with Crippen molar-refractivity contribution in [2.24, 2.45) is 7.05 Å². The van der Waals surface area contributed by atoms with Crippen LogP contribution in [-0.2, 0) is 18.3 Å². The molecule has 1 aromatic carbocycles. The van der Waals surface area contributed by atoms with Gasteiger partial charge < -0.3 is 14.7 Å². The van der Waals surface area contributed by atoms with Crippen molar-refractivity contribution in [3.8, 4) is 0 Å². The Bertz CT molecular complexity index is 1030. The highest BCUT2D eigenvalue weighted by atomic mass is 16.5. The van der Waals surface area contributed by atoms with Gasteiger partial charge in [0, 0.05) is 51.9 Å². The number of benzene rings is 1. The summed E-state index contributed by atoms with van der Waals surface area (Å²) in [5, 5.41) is 14.3. The van der Waals surface area contributed by atoms with Gasteiger partial charge in [0.1, 0.15) is 6.10 Å². The highest BCUT2D eigenvalue weighted by Gasteiger charge is 2.26. The molecule has 8 heteroatoms. The molecule has 0 spiro atoms. The highest BCUT2D eigenvalue weighted by Crippen LogP contribution is 2.27. The number of fused-ring (bicyclic) bond motifs is 1. The van der Waals surface area contributed by atoms with Gasteiger partial charge in [0.15, 0.2) is 0 Å². The van der Waals surface area contributed by atoms with Crippen molar-refractivity contribution in [2.45, 2.75) is 12.6 Å². The van der Waals surface area contributed by atoms with Gasteiger partial charge in [0.05, 0.1) is 35.7 Å². The molecule has 2 aromatic heterocycles. The molecule has 1 saturated heterocycles. The molecule has 0 bridgehead atoms. The number of aryl methyl sites for hydroxylation is 1. The predicted molar refractivity (Wildman–Crippen MR) is 113 cm³/mol. The molecule has 1 aliphatic heterocycles. The molecule has 1 fully saturated rings. The van der Waals surface area contributed by atoms with Crippen LogP contribution in [0.3, 0.4) is 0 Å². The number of hydrogen-bond donors (Lipinski definition) is 1. The molecule has 0 radical (unpaired) electrons. The van der Waals surface area contributed by atoms with Crippen LogP contribution < -0.4 is 0 Å². The molecule has 1 N–H and O–H groups in total. The van der Waals surface area contributed by atoms with E-state index in [0.717, 1.165) is 35.4 Å². The summed E-state index contributed by atoms with van der Waals surface area (Å²) in [6.07, 6.45) is 1.59. The topological polar surface area (TPSA) is 83.7 Å². The molecular weight excluding hydrogens is 382 g/mol. The number of likely N-dealkylation sites (N-methyl/N-ethyl adjacent to an activating group) is 1. The van der Waals surface area contributed by atoms with Crippen molar-refractivity contribution in [1.82, 2.24) is 24.6 Å². The largest absolute Gasteiger partial charge is 0.395 e. The van der Waals surface area contributed by atoms with Crippen LogP contribution in [0.15, 0.2) is 42.6 Å². The monoisotopic (exact) mass is 409 g/mol. The summed E-state index contributed by atoms with van der Waals surface area (Å²) in [4.78, 5) is 21.7. The Morgan fingerprint density at radius 2 is 2.17 bits per heavy atom. The van der Waals surface area contributed by atoms with Crippen molar-refractivity contribution in [1.29, 1.82) is 0 Å². The summed E-state index contributed by atoms with van der Waals surface area (Å²) in [6.45, 7) is 3.12. The van der Waals surface area contributed by atoms with Gasteiger partial charge in [0.2, 0.25) is 0 Å². The van der Waals surface area contributed by atoms with Gasteiger partial charge in [-0.25, -0.2) is 4.98 Å². The normalized spacial score (nSPS) is 17.4. The van der Waals surface area contributed by atoms with Gasteiger partial charge in [-0.15, -0.1) is 0 Å². The number of amides is 1. The van der Waals surface area contributed by atoms with E-state index in [1.165, 1.54) is 4.90 Å². The maximum Gasteiger partial charge on any atom is 0.254 e. The summed E-state index contributed by atoms with van der Waals surface area (Å²) in [6, 6.07) is 11.5. The molecule has 8 nitrogen and oxygen atoms in total. The minimum absolute atomic E-state index is 0.0766. The van der Waals surface area contributed by atoms with E-state index in [2.05, 4.69) is 10.00 Å². The second-order valence-electron chi connectivity index (χ2n) is 7.60. The lowest BCUT2D eigenvalue weighted by Crippen LogP contribution is -2.38. The van der Waals surface area contributed by atoms with Crippen molar-refractivity contribution in [3.05, 3.63) is 59.5 Å². The van der Waals surface area contributed by atoms with Crippen molar-refractivity contribution in [2.75, 3.05) is 39.9 Å². The summed E-state index contributed by atoms with van der Waals surface area (Å²) in [5.41, 5.74) is 3.25. The van der Waals surface area contributed by atoms with Crippen LogP contribution in [0.25, 0.3) is 10.9 Å². The number of morpholine rings is 1. The zero-order valence-electron chi connectivity index (χ0n) is 17.4. The molecule has 0 saturated carbocycles. The highest BCUT2D eigenvalue weighted by molar-refractivity contribution is 6.06. The van der Waals surface area contributed by atoms with Crippen molar-refractivity contribution in [3.63, 3.8) is 0 Å². The Hall–Kier alpha value is -2.81. The number of hydrogen-bond acceptors (Lipinski definition) is 6. The minimum Gasteiger partial charge on any atom is -0.395 e. The number of ether oxygens (including phenoxy) is 1. The van der Waals surface area contributed by atoms with Gasteiger partial charge in [-0.3, -0.25) is 14.4 Å². The average Bonchev–Trinajstić information content (AvgIpc) is 3.17. The van der Waals surface area contributed by atoms with Gasteiger partial charge in [0.25, 0.3) is 5.91 Å². The summed E-state index contributed by atoms with van der Waals surface area (Å²) in [7, 11) is 3.64. The van der Waals surface area contributed by atoms with Gasteiger partial charge in [-0.1, -0.05) is 18.2 Å². The number of carbonyl (C=O) groups is 1. The Balaban J connectivity index is 1.63. The van der Waals surface area contributed by atoms with Crippen LogP contribution in [0.4, 0.5) is 0 Å². The molecule has 0 unspecified atom stereocenters. The Morgan fingerprint density at radius 1 is 1.33 bits per heavy atom. The maximum absolute atomic E-state index is 13.0. The van der Waals surface area contributed by atoms with E-state index < -0.39 is 0 Å². The van der Waals surface area contributed by atoms with Gasteiger partial charge >= 0.3 is 0 Å². The van der Waals surface area contributed by atoms with Gasteiger partial charge in [-0.2, -0.15) is 5.10 Å². The van der Waals surface area contributed by atoms with Crippen LogP contribution in [0.1, 0.15) is 27.8 Å². The SMILES string of the molecule is CN(CCO)C(=O)c1cc([C@@H]2CN(Cc3ccnn3C)CCO2)nc2ccccc12. The van der Waals surface area contributed by atoms with E-state index in [9.17, 15) is 9.90 Å². The molecule has 1 aliphatic rings. The number of aliphatic hydroxyl groups excluding tert-OH is 1. The number of pyridine rings is 1. The molecule has 0 aliphatic carbocycles. The van der Waals surface area contributed by atoms with E-state index in [-0.39, 0.29) is 25.2 Å². The summed E-state index contributed by atoms with van der Waals surface area (Å²) < 4.78 is 7.93. The first-order valence-electron chi connectivity index (χ1n) is 10.1. The Kier molecular flexibility index (Phi) is 6.08. The third-order valence-electron chi connectivity index (χ3n) is 5.54. The van der Waals surface area contributed by atoms with Crippen LogP contribution in [0.2, 0.25) is 0 Å². The van der Waals surface area contributed by atoms with E-state index in [0.29, 0.717) is 18.7 Å². The maximum atomic E-state index is 13.0. The van der Waals surface area contributed by atoms with Crippen LogP contribution >= 0.6 is 0 Å². The molecule has 1 amide bonds. The van der Waals surface area contributed by atoms with E-state index in [1.54, 1.807) is 13.2 Å². The smallest absolute Gasteiger partial charge is 0.254 e. The van der Waals surface area contributed by atoms with E-state index in [1.807, 2.05) is 48.1 Å². The van der Waals surface area contributed by atoms with Crippen molar-refractivity contribution < 1.29 is 14.6 Å². The zero-order valence-corrected chi connectivity index (χ0v) is 17.4. The summed E-state index contributed by atoms with van der Waals surface area (Å²) >= 11 is 0. The molecule has 1 atom stereocenters. The van der Waals surface area contributed by atoms with Crippen LogP contribution in [0, 0.1) is 0 Å². The Morgan fingerprint density at radius 3 is 2.93 bits per heavy atom. The fourth-order valence-electron chi connectivity index (χ4n) is 3.81. The molecule has 4 rings (SSSR count). The second kappa shape index (κ2) is 8.91. The zero-order chi connectivity index (χ0) is 21.1. The van der Waals surface area contributed by atoms with Crippen LogP contribution in [-0.4, -0.2) is 75.5 Å². The molecule has 3 heterocycles. The number of carbonyl (C=O) groups excluding carboxylic acids is 1. The molecule has 30 heavy (non-hydrogen) atoms. The van der Waals surface area contributed by atoms with Crippen molar-refractivity contribution >= 4 is 16.8 Å². The third-order valence-corrected chi connectivity index (χ3v) is 5.54. The first-order valence-corrected chi connectivity index (χ1v) is 10.1. The number of aliphatic hydroxyl groups is 1. The van der Waals surface area contributed by atoms with Crippen LogP contribution in [0.5, 0.6) is 0 Å². The lowest BCUT2D eigenvalue weighted by molar-refractivity contribution is -0.0355.